The van der Waals surface area contributed by atoms with Crippen molar-refractivity contribution < 1.29 is 9.13 Å². The van der Waals surface area contributed by atoms with Crippen LogP contribution in [0, 0.1) is 5.82 Å². The van der Waals surface area contributed by atoms with Gasteiger partial charge in [0.15, 0.2) is 5.96 Å². The van der Waals surface area contributed by atoms with Crippen molar-refractivity contribution in [3.8, 4) is 0 Å². The van der Waals surface area contributed by atoms with Crippen LogP contribution in [0.2, 0.25) is 0 Å². The van der Waals surface area contributed by atoms with Crippen molar-refractivity contribution >= 4 is 29.9 Å². The van der Waals surface area contributed by atoms with E-state index < -0.39 is 0 Å². The molecule has 0 radical (unpaired) electrons. The number of rotatable bonds is 4. The van der Waals surface area contributed by atoms with Crippen LogP contribution in [0.25, 0.3) is 0 Å². The summed E-state index contributed by atoms with van der Waals surface area (Å²) >= 11 is 0. The fraction of sp³-hybridized carbons (Fsp3) is 0.500. The van der Waals surface area contributed by atoms with Crippen LogP contribution in [0.15, 0.2) is 29.3 Å². The summed E-state index contributed by atoms with van der Waals surface area (Å²) in [6.45, 7) is 3.69. The zero-order valence-corrected chi connectivity index (χ0v) is 13.8. The Kier molecular flexibility index (Phi) is 7.83. The summed E-state index contributed by atoms with van der Waals surface area (Å²) in [6, 6.07) is 6.68. The van der Waals surface area contributed by atoms with Gasteiger partial charge in [-0.05, 0) is 30.5 Å². The van der Waals surface area contributed by atoms with E-state index in [9.17, 15) is 4.39 Å². The van der Waals surface area contributed by atoms with Crippen LogP contribution in [0.3, 0.4) is 0 Å². The maximum absolute atomic E-state index is 13.0. The number of benzene rings is 1. The normalized spacial score (nSPS) is 15.8. The summed E-state index contributed by atoms with van der Waals surface area (Å²) in [5.74, 6) is 0.399. The molecule has 0 unspecified atom stereocenters. The van der Waals surface area contributed by atoms with Crippen molar-refractivity contribution in [2.75, 3.05) is 32.8 Å². The van der Waals surface area contributed by atoms with E-state index in [1.807, 2.05) is 11.0 Å². The molecule has 1 aromatic carbocycles. The SMILES string of the molecule is I.NC(=NCCCc1cccc(F)c1)N1CCOCC1. The summed E-state index contributed by atoms with van der Waals surface area (Å²) in [4.78, 5) is 6.39. The van der Waals surface area contributed by atoms with Gasteiger partial charge in [-0.1, -0.05) is 12.1 Å². The number of ether oxygens (including phenoxy) is 1. The molecule has 2 N–H and O–H groups in total. The van der Waals surface area contributed by atoms with E-state index in [1.165, 1.54) is 6.07 Å². The lowest BCUT2D eigenvalue weighted by molar-refractivity contribution is 0.0674. The van der Waals surface area contributed by atoms with E-state index in [1.54, 1.807) is 12.1 Å². The van der Waals surface area contributed by atoms with Crippen molar-refractivity contribution in [2.24, 2.45) is 10.7 Å². The highest BCUT2D eigenvalue weighted by atomic mass is 127. The predicted molar refractivity (Wildman–Crippen MR) is 89.0 cm³/mol. The number of hydrogen-bond acceptors (Lipinski definition) is 2. The fourth-order valence-corrected chi connectivity index (χ4v) is 2.06. The van der Waals surface area contributed by atoms with Crippen LogP contribution in [-0.4, -0.2) is 43.7 Å². The van der Waals surface area contributed by atoms with Gasteiger partial charge in [0.2, 0.25) is 0 Å². The summed E-state index contributed by atoms with van der Waals surface area (Å²) in [5.41, 5.74) is 6.91. The molecule has 0 saturated carbocycles. The first-order valence-electron chi connectivity index (χ1n) is 6.63. The van der Waals surface area contributed by atoms with Gasteiger partial charge in [0, 0.05) is 19.6 Å². The van der Waals surface area contributed by atoms with Crippen LogP contribution in [0.1, 0.15) is 12.0 Å². The zero-order chi connectivity index (χ0) is 13.5. The Hall–Kier alpha value is -0.890. The minimum atomic E-state index is -0.186. The number of nitrogens with two attached hydrogens (primary N) is 1. The van der Waals surface area contributed by atoms with Crippen molar-refractivity contribution in [1.82, 2.24) is 4.90 Å². The Morgan fingerprint density at radius 2 is 2.10 bits per heavy atom. The quantitative estimate of drug-likeness (QED) is 0.369. The van der Waals surface area contributed by atoms with Gasteiger partial charge in [-0.15, -0.1) is 24.0 Å². The molecule has 2 rings (SSSR count). The van der Waals surface area contributed by atoms with E-state index in [0.717, 1.165) is 31.5 Å². The van der Waals surface area contributed by atoms with Crippen molar-refractivity contribution in [3.63, 3.8) is 0 Å². The molecule has 112 valence electrons. The maximum atomic E-state index is 13.0. The molecule has 1 saturated heterocycles. The lowest BCUT2D eigenvalue weighted by Gasteiger charge is -2.27. The van der Waals surface area contributed by atoms with Gasteiger partial charge >= 0.3 is 0 Å². The molecule has 1 aromatic rings. The van der Waals surface area contributed by atoms with Gasteiger partial charge < -0.3 is 15.4 Å². The summed E-state index contributed by atoms with van der Waals surface area (Å²) in [6.07, 6.45) is 1.69. The van der Waals surface area contributed by atoms with Crippen molar-refractivity contribution in [3.05, 3.63) is 35.6 Å². The van der Waals surface area contributed by atoms with E-state index in [2.05, 4.69) is 4.99 Å². The first kappa shape index (κ1) is 17.2. The summed E-state index contributed by atoms with van der Waals surface area (Å²) < 4.78 is 18.2. The van der Waals surface area contributed by atoms with Gasteiger partial charge in [-0.25, -0.2) is 4.39 Å². The Balaban J connectivity index is 0.00000200. The molecule has 6 heteroatoms. The van der Waals surface area contributed by atoms with Crippen LogP contribution in [0.4, 0.5) is 4.39 Å². The Bertz CT molecular complexity index is 436. The summed E-state index contributed by atoms with van der Waals surface area (Å²) in [5, 5.41) is 0. The first-order chi connectivity index (χ1) is 9.25. The number of aryl methyl sites for hydroxylation is 1. The minimum absolute atomic E-state index is 0. The Morgan fingerprint density at radius 3 is 2.80 bits per heavy atom. The standard InChI is InChI=1S/C14H20FN3O.HI/c15-13-5-1-3-12(11-13)4-2-6-17-14(16)18-7-9-19-10-8-18;/h1,3,5,11H,2,4,6-10H2,(H2,16,17);1H. The second kappa shape index (κ2) is 9.12. The molecule has 1 fully saturated rings. The highest BCUT2D eigenvalue weighted by Crippen LogP contribution is 2.06. The van der Waals surface area contributed by atoms with E-state index in [0.29, 0.717) is 25.7 Å². The molecule has 0 aliphatic carbocycles. The molecule has 0 bridgehead atoms. The molecule has 0 atom stereocenters. The van der Waals surface area contributed by atoms with Gasteiger partial charge in [0.05, 0.1) is 13.2 Å². The Labute approximate surface area is 136 Å². The third-order valence-corrected chi connectivity index (χ3v) is 3.12. The highest BCUT2D eigenvalue weighted by molar-refractivity contribution is 14.0. The second-order valence-corrected chi connectivity index (χ2v) is 4.57. The number of morpholine rings is 1. The molecule has 0 spiro atoms. The Morgan fingerprint density at radius 1 is 1.35 bits per heavy atom. The average Bonchev–Trinajstić information content (AvgIpc) is 2.44. The molecular weight excluding hydrogens is 372 g/mol. The molecule has 20 heavy (non-hydrogen) atoms. The van der Waals surface area contributed by atoms with Gasteiger partial charge in [0.25, 0.3) is 0 Å². The molecule has 4 nitrogen and oxygen atoms in total. The third kappa shape index (κ3) is 5.62. The number of aliphatic imine (C=N–C) groups is 1. The van der Waals surface area contributed by atoms with Crippen LogP contribution in [0.5, 0.6) is 0 Å². The molecule has 1 heterocycles. The maximum Gasteiger partial charge on any atom is 0.191 e. The third-order valence-electron chi connectivity index (χ3n) is 3.12. The molecule has 0 aromatic heterocycles. The monoisotopic (exact) mass is 393 g/mol. The van der Waals surface area contributed by atoms with Crippen LogP contribution < -0.4 is 5.73 Å². The number of hydrogen-bond donors (Lipinski definition) is 1. The highest BCUT2D eigenvalue weighted by Gasteiger charge is 2.11. The smallest absolute Gasteiger partial charge is 0.191 e. The largest absolute Gasteiger partial charge is 0.378 e. The summed E-state index contributed by atoms with van der Waals surface area (Å²) in [7, 11) is 0. The number of guanidine groups is 1. The molecule has 1 aliphatic heterocycles. The lowest BCUT2D eigenvalue weighted by Crippen LogP contribution is -2.44. The number of nitrogens with zero attached hydrogens (tertiary/aromatic N) is 2. The van der Waals surface area contributed by atoms with Gasteiger partial charge in [-0.3, -0.25) is 4.99 Å². The van der Waals surface area contributed by atoms with E-state index in [-0.39, 0.29) is 29.8 Å². The van der Waals surface area contributed by atoms with E-state index in [4.69, 9.17) is 10.5 Å². The van der Waals surface area contributed by atoms with E-state index >= 15 is 0 Å². The topological polar surface area (TPSA) is 50.8 Å². The second-order valence-electron chi connectivity index (χ2n) is 4.57. The molecule has 0 amide bonds. The van der Waals surface area contributed by atoms with Gasteiger partial charge in [-0.2, -0.15) is 0 Å². The first-order valence-corrected chi connectivity index (χ1v) is 6.63. The molecular formula is C14H21FIN3O. The van der Waals surface area contributed by atoms with Crippen LogP contribution >= 0.6 is 24.0 Å². The van der Waals surface area contributed by atoms with Crippen molar-refractivity contribution in [1.29, 1.82) is 0 Å². The zero-order valence-electron chi connectivity index (χ0n) is 11.4. The van der Waals surface area contributed by atoms with Crippen LogP contribution in [-0.2, 0) is 11.2 Å². The number of halogens is 2. The average molecular weight is 393 g/mol. The fourth-order valence-electron chi connectivity index (χ4n) is 2.06. The molecule has 1 aliphatic rings. The van der Waals surface area contributed by atoms with Crippen molar-refractivity contribution in [2.45, 2.75) is 12.8 Å². The van der Waals surface area contributed by atoms with Gasteiger partial charge in [0.1, 0.15) is 5.82 Å². The predicted octanol–water partition coefficient (Wildman–Crippen LogP) is 2.02. The lowest BCUT2D eigenvalue weighted by atomic mass is 10.1. The minimum Gasteiger partial charge on any atom is -0.378 e.